The van der Waals surface area contributed by atoms with Crippen molar-refractivity contribution in [3.63, 3.8) is 0 Å². The van der Waals surface area contributed by atoms with Gasteiger partial charge < -0.3 is 0 Å². The predicted octanol–water partition coefficient (Wildman–Crippen LogP) is 4.04. The van der Waals surface area contributed by atoms with Crippen LogP contribution in [0.5, 0.6) is 0 Å². The van der Waals surface area contributed by atoms with Gasteiger partial charge in [0.25, 0.3) is 0 Å². The summed E-state index contributed by atoms with van der Waals surface area (Å²) >= 11 is 0. The lowest BCUT2D eigenvalue weighted by Gasteiger charge is -2.08. The van der Waals surface area contributed by atoms with Gasteiger partial charge in [0.15, 0.2) is 5.78 Å². The molecule has 0 saturated heterocycles. The average Bonchev–Trinajstić information content (AvgIpc) is 2.34. The summed E-state index contributed by atoms with van der Waals surface area (Å²) in [4.78, 5) is 12.3. The number of ketones is 1. The first-order valence-electron chi connectivity index (χ1n) is 6.23. The smallest absolute Gasteiger partial charge is 0.167 e. The van der Waals surface area contributed by atoms with Gasteiger partial charge in [-0.25, -0.2) is 0 Å². The van der Waals surface area contributed by atoms with E-state index in [-0.39, 0.29) is 5.78 Å². The SMILES string of the molecule is Cc1ccc(C)c(CC(=O)c2ccccc2C)c1. The highest BCUT2D eigenvalue weighted by Gasteiger charge is 2.10. The topological polar surface area (TPSA) is 17.1 Å². The van der Waals surface area contributed by atoms with E-state index in [4.69, 9.17) is 0 Å². The van der Waals surface area contributed by atoms with Gasteiger partial charge in [0, 0.05) is 12.0 Å². The minimum atomic E-state index is 0.196. The van der Waals surface area contributed by atoms with Crippen LogP contribution in [0.1, 0.15) is 32.6 Å². The Labute approximate surface area is 108 Å². The lowest BCUT2D eigenvalue weighted by atomic mass is 9.96. The molecule has 0 atom stereocenters. The van der Waals surface area contributed by atoms with Gasteiger partial charge >= 0.3 is 0 Å². The van der Waals surface area contributed by atoms with Gasteiger partial charge in [0.1, 0.15) is 0 Å². The molecule has 0 aliphatic rings. The molecule has 0 bridgehead atoms. The van der Waals surface area contributed by atoms with Crippen LogP contribution in [0.25, 0.3) is 0 Å². The molecule has 0 unspecified atom stereocenters. The number of carbonyl (C=O) groups is 1. The molecule has 2 aromatic rings. The minimum Gasteiger partial charge on any atom is -0.294 e. The lowest BCUT2D eigenvalue weighted by molar-refractivity contribution is 0.0992. The molecular weight excluding hydrogens is 220 g/mol. The second kappa shape index (κ2) is 5.18. The fraction of sp³-hybridized carbons (Fsp3) is 0.235. The molecule has 0 radical (unpaired) electrons. The monoisotopic (exact) mass is 238 g/mol. The van der Waals surface area contributed by atoms with Crippen LogP contribution in [0.2, 0.25) is 0 Å². The van der Waals surface area contributed by atoms with E-state index in [9.17, 15) is 4.79 Å². The van der Waals surface area contributed by atoms with Crippen LogP contribution in [-0.4, -0.2) is 5.78 Å². The van der Waals surface area contributed by atoms with E-state index in [1.54, 1.807) is 0 Å². The summed E-state index contributed by atoms with van der Waals surface area (Å²) in [5, 5.41) is 0. The highest BCUT2D eigenvalue weighted by molar-refractivity contribution is 5.98. The maximum atomic E-state index is 12.3. The van der Waals surface area contributed by atoms with Crippen LogP contribution in [-0.2, 0) is 6.42 Å². The Bertz CT molecular complexity index is 582. The molecule has 0 spiro atoms. The summed E-state index contributed by atoms with van der Waals surface area (Å²) < 4.78 is 0. The Morgan fingerprint density at radius 3 is 2.39 bits per heavy atom. The molecule has 0 aliphatic heterocycles. The molecule has 92 valence electrons. The molecule has 0 aromatic heterocycles. The van der Waals surface area contributed by atoms with Crippen molar-refractivity contribution >= 4 is 5.78 Å². The molecule has 18 heavy (non-hydrogen) atoms. The van der Waals surface area contributed by atoms with E-state index in [1.165, 1.54) is 11.1 Å². The molecule has 0 aliphatic carbocycles. The van der Waals surface area contributed by atoms with Crippen LogP contribution in [0.15, 0.2) is 42.5 Å². The fourth-order valence-corrected chi connectivity index (χ4v) is 2.14. The normalized spacial score (nSPS) is 10.4. The molecular formula is C17H18O. The molecule has 0 fully saturated rings. The number of hydrogen-bond acceptors (Lipinski definition) is 1. The van der Waals surface area contributed by atoms with Crippen molar-refractivity contribution in [2.24, 2.45) is 0 Å². The second-order valence-electron chi connectivity index (χ2n) is 4.84. The number of rotatable bonds is 3. The van der Waals surface area contributed by atoms with Crippen molar-refractivity contribution in [2.75, 3.05) is 0 Å². The minimum absolute atomic E-state index is 0.196. The van der Waals surface area contributed by atoms with Gasteiger partial charge in [-0.15, -0.1) is 0 Å². The van der Waals surface area contributed by atoms with Gasteiger partial charge in [0.2, 0.25) is 0 Å². The Hall–Kier alpha value is -1.89. The van der Waals surface area contributed by atoms with Crippen molar-refractivity contribution in [3.05, 3.63) is 70.3 Å². The van der Waals surface area contributed by atoms with Crippen molar-refractivity contribution in [2.45, 2.75) is 27.2 Å². The maximum absolute atomic E-state index is 12.3. The maximum Gasteiger partial charge on any atom is 0.167 e. The van der Waals surface area contributed by atoms with Gasteiger partial charge in [-0.1, -0.05) is 48.0 Å². The molecule has 1 nitrogen and oxygen atoms in total. The zero-order valence-corrected chi connectivity index (χ0v) is 11.2. The van der Waals surface area contributed by atoms with Crippen LogP contribution < -0.4 is 0 Å². The summed E-state index contributed by atoms with van der Waals surface area (Å²) in [7, 11) is 0. The van der Waals surface area contributed by atoms with E-state index in [1.807, 2.05) is 31.2 Å². The average molecular weight is 238 g/mol. The summed E-state index contributed by atoms with van der Waals surface area (Å²) in [5.74, 6) is 0.196. The number of benzene rings is 2. The Morgan fingerprint density at radius 2 is 1.67 bits per heavy atom. The van der Waals surface area contributed by atoms with Gasteiger partial charge in [0.05, 0.1) is 0 Å². The van der Waals surface area contributed by atoms with Gasteiger partial charge in [-0.3, -0.25) is 4.79 Å². The highest BCUT2D eigenvalue weighted by atomic mass is 16.1. The third kappa shape index (κ3) is 2.67. The van der Waals surface area contributed by atoms with E-state index >= 15 is 0 Å². The van der Waals surface area contributed by atoms with E-state index in [0.29, 0.717) is 6.42 Å². The predicted molar refractivity (Wildman–Crippen MR) is 75.1 cm³/mol. The summed E-state index contributed by atoms with van der Waals surface area (Å²) in [6.45, 7) is 6.09. The number of aryl methyl sites for hydroxylation is 3. The number of carbonyl (C=O) groups excluding carboxylic acids is 1. The first-order chi connectivity index (χ1) is 8.58. The van der Waals surface area contributed by atoms with Crippen LogP contribution >= 0.6 is 0 Å². The van der Waals surface area contributed by atoms with Gasteiger partial charge in [-0.2, -0.15) is 0 Å². The third-order valence-electron chi connectivity index (χ3n) is 3.30. The molecule has 1 heteroatoms. The largest absolute Gasteiger partial charge is 0.294 e. The van der Waals surface area contributed by atoms with E-state index in [0.717, 1.165) is 16.7 Å². The third-order valence-corrected chi connectivity index (χ3v) is 3.30. The molecule has 0 heterocycles. The number of Topliss-reactive ketones (excluding diaryl/α,β-unsaturated/α-hetero) is 1. The zero-order valence-electron chi connectivity index (χ0n) is 11.2. The fourth-order valence-electron chi connectivity index (χ4n) is 2.14. The van der Waals surface area contributed by atoms with Crippen molar-refractivity contribution in [1.82, 2.24) is 0 Å². The summed E-state index contributed by atoms with van der Waals surface area (Å²) in [6.07, 6.45) is 0.484. The van der Waals surface area contributed by atoms with Crippen molar-refractivity contribution < 1.29 is 4.79 Å². The Balaban J connectivity index is 2.27. The molecule has 2 aromatic carbocycles. The number of hydrogen-bond donors (Lipinski definition) is 0. The second-order valence-corrected chi connectivity index (χ2v) is 4.84. The zero-order chi connectivity index (χ0) is 13.1. The van der Waals surface area contributed by atoms with Gasteiger partial charge in [-0.05, 0) is 37.5 Å². The molecule has 2 rings (SSSR count). The molecule has 0 N–H and O–H groups in total. The Morgan fingerprint density at radius 1 is 0.944 bits per heavy atom. The quantitative estimate of drug-likeness (QED) is 0.738. The lowest BCUT2D eigenvalue weighted by Crippen LogP contribution is -2.06. The standard InChI is InChI=1S/C17H18O/c1-12-8-9-13(2)15(10-12)11-17(18)16-7-5-4-6-14(16)3/h4-10H,11H2,1-3H3. The first-order valence-corrected chi connectivity index (χ1v) is 6.23. The van der Waals surface area contributed by atoms with E-state index in [2.05, 4.69) is 32.0 Å². The van der Waals surface area contributed by atoms with Crippen LogP contribution in [0.4, 0.5) is 0 Å². The Kier molecular flexibility index (Phi) is 3.61. The summed E-state index contributed by atoms with van der Waals surface area (Å²) in [5.41, 5.74) is 5.39. The highest BCUT2D eigenvalue weighted by Crippen LogP contribution is 2.15. The van der Waals surface area contributed by atoms with E-state index < -0.39 is 0 Å². The summed E-state index contributed by atoms with van der Waals surface area (Å²) in [6, 6.07) is 14.0. The molecule has 0 amide bonds. The van der Waals surface area contributed by atoms with Crippen LogP contribution in [0.3, 0.4) is 0 Å². The molecule has 0 saturated carbocycles. The van der Waals surface area contributed by atoms with Crippen molar-refractivity contribution in [3.8, 4) is 0 Å². The first kappa shape index (κ1) is 12.6. The van der Waals surface area contributed by atoms with Crippen LogP contribution in [0, 0.1) is 20.8 Å². The van der Waals surface area contributed by atoms with Crippen molar-refractivity contribution in [1.29, 1.82) is 0 Å².